The monoisotopic (exact) mass is 413 g/mol. The predicted octanol–water partition coefficient (Wildman–Crippen LogP) is 5.30. The Labute approximate surface area is 139 Å². The molecule has 0 radical (unpaired) electrons. The molecule has 0 aliphatic rings. The second-order valence-corrected chi connectivity index (χ2v) is 6.01. The second kappa shape index (κ2) is 6.91. The van der Waals surface area contributed by atoms with Gasteiger partial charge in [-0.1, -0.05) is 22.0 Å². The molecule has 0 unspecified atom stereocenters. The Bertz CT molecular complexity index is 677. The third-order valence-corrected chi connectivity index (χ3v) is 3.97. The molecule has 5 nitrogen and oxygen atoms in total. The molecular weight excluding hydrogens is 402 g/mol. The van der Waals surface area contributed by atoms with Crippen LogP contribution < -0.4 is 10.6 Å². The second-order valence-electron chi connectivity index (χ2n) is 4.24. The van der Waals surface area contributed by atoms with Crippen molar-refractivity contribution < 1.29 is 4.92 Å². The molecule has 0 aliphatic carbocycles. The average molecular weight is 415 g/mol. The molecule has 0 saturated heterocycles. The van der Waals surface area contributed by atoms with Gasteiger partial charge >= 0.3 is 5.69 Å². The van der Waals surface area contributed by atoms with Gasteiger partial charge in [-0.25, -0.2) is 0 Å². The maximum atomic E-state index is 11.4. The van der Waals surface area contributed by atoms with Crippen molar-refractivity contribution in [2.45, 2.75) is 6.92 Å². The van der Waals surface area contributed by atoms with Crippen LogP contribution >= 0.6 is 31.9 Å². The Morgan fingerprint density at radius 3 is 2.52 bits per heavy atom. The van der Waals surface area contributed by atoms with E-state index >= 15 is 0 Å². The Balaban J connectivity index is 2.46. The van der Waals surface area contributed by atoms with E-state index < -0.39 is 0 Å². The molecule has 2 aromatic rings. The van der Waals surface area contributed by atoms with Crippen molar-refractivity contribution in [3.8, 4) is 0 Å². The van der Waals surface area contributed by atoms with Crippen molar-refractivity contribution in [1.82, 2.24) is 0 Å². The number of nitrogens with zero attached hydrogens (tertiary/aromatic N) is 1. The molecule has 2 aromatic carbocycles. The van der Waals surface area contributed by atoms with Crippen molar-refractivity contribution >= 4 is 54.6 Å². The van der Waals surface area contributed by atoms with Gasteiger partial charge in [0, 0.05) is 15.5 Å². The Hall–Kier alpha value is -1.60. The number of nitrogens with one attached hydrogen (secondary N) is 2. The first-order valence-electron chi connectivity index (χ1n) is 6.26. The first-order chi connectivity index (χ1) is 10.0. The minimum absolute atomic E-state index is 0.0335. The lowest BCUT2D eigenvalue weighted by Crippen LogP contribution is -2.04. The van der Waals surface area contributed by atoms with Crippen LogP contribution in [-0.4, -0.2) is 11.5 Å². The van der Waals surface area contributed by atoms with E-state index in [0.717, 1.165) is 14.6 Å². The molecule has 0 amide bonds. The maximum Gasteiger partial charge on any atom is 0.315 e. The highest BCUT2D eigenvalue weighted by Crippen LogP contribution is 2.37. The van der Waals surface area contributed by atoms with E-state index in [4.69, 9.17) is 0 Å². The number of anilines is 3. The number of halogens is 2. The topological polar surface area (TPSA) is 67.2 Å². The van der Waals surface area contributed by atoms with Crippen molar-refractivity contribution in [3.63, 3.8) is 0 Å². The van der Waals surface area contributed by atoms with E-state index in [1.54, 1.807) is 18.2 Å². The Morgan fingerprint density at radius 2 is 1.86 bits per heavy atom. The lowest BCUT2D eigenvalue weighted by Gasteiger charge is -2.12. The zero-order valence-corrected chi connectivity index (χ0v) is 14.4. The molecule has 0 aliphatic heterocycles. The summed E-state index contributed by atoms with van der Waals surface area (Å²) in [6.45, 7) is 2.51. The van der Waals surface area contributed by atoms with Crippen LogP contribution in [0.5, 0.6) is 0 Å². The molecule has 7 heteroatoms. The fourth-order valence-corrected chi connectivity index (χ4v) is 2.62. The number of para-hydroxylation sites is 1. The van der Waals surface area contributed by atoms with Gasteiger partial charge in [-0.05, 0) is 53.2 Å². The summed E-state index contributed by atoms with van der Waals surface area (Å²) < 4.78 is 1.72. The standard InChI is InChI=1S/C14H13Br2N3O2/c1-2-17-11-4-3-5-12(14(11)19(20)21)18-13-8-9(15)6-7-10(13)16/h3-8,17-18H,2H2,1H3. The zero-order chi connectivity index (χ0) is 15.4. The van der Waals surface area contributed by atoms with E-state index in [1.165, 1.54) is 0 Å². The highest BCUT2D eigenvalue weighted by molar-refractivity contribution is 9.11. The zero-order valence-electron chi connectivity index (χ0n) is 11.2. The highest BCUT2D eigenvalue weighted by Gasteiger charge is 2.19. The third kappa shape index (κ3) is 3.74. The number of hydrogen-bond donors (Lipinski definition) is 2. The molecule has 0 heterocycles. The smallest absolute Gasteiger partial charge is 0.315 e. The SMILES string of the molecule is CCNc1cccc(Nc2cc(Br)ccc2Br)c1[N+](=O)[O-]. The van der Waals surface area contributed by atoms with Gasteiger partial charge in [0.25, 0.3) is 0 Å². The summed E-state index contributed by atoms with van der Waals surface area (Å²) >= 11 is 6.82. The van der Waals surface area contributed by atoms with Crippen molar-refractivity contribution in [2.24, 2.45) is 0 Å². The minimum atomic E-state index is -0.383. The lowest BCUT2D eigenvalue weighted by molar-refractivity contribution is -0.383. The normalized spacial score (nSPS) is 10.2. The minimum Gasteiger partial charge on any atom is -0.380 e. The van der Waals surface area contributed by atoms with Gasteiger partial charge in [-0.3, -0.25) is 10.1 Å². The van der Waals surface area contributed by atoms with Gasteiger partial charge in [-0.15, -0.1) is 0 Å². The van der Waals surface area contributed by atoms with Crippen LogP contribution in [0.1, 0.15) is 6.92 Å². The molecule has 21 heavy (non-hydrogen) atoms. The average Bonchev–Trinajstić information content (AvgIpc) is 2.43. The Kier molecular flexibility index (Phi) is 5.19. The molecule has 0 atom stereocenters. The first kappa shape index (κ1) is 15.8. The van der Waals surface area contributed by atoms with Crippen LogP contribution in [0, 0.1) is 10.1 Å². The lowest BCUT2D eigenvalue weighted by atomic mass is 10.2. The van der Waals surface area contributed by atoms with Gasteiger partial charge in [0.05, 0.1) is 10.6 Å². The highest BCUT2D eigenvalue weighted by atomic mass is 79.9. The third-order valence-electron chi connectivity index (χ3n) is 2.78. The summed E-state index contributed by atoms with van der Waals surface area (Å²) in [7, 11) is 0. The van der Waals surface area contributed by atoms with Crippen molar-refractivity contribution in [3.05, 3.63) is 55.5 Å². The molecule has 2 rings (SSSR count). The fraction of sp³-hybridized carbons (Fsp3) is 0.143. The van der Waals surface area contributed by atoms with Crippen molar-refractivity contribution in [1.29, 1.82) is 0 Å². The van der Waals surface area contributed by atoms with Crippen LogP contribution in [0.25, 0.3) is 0 Å². The molecule has 2 N–H and O–H groups in total. The summed E-state index contributed by atoms with van der Waals surface area (Å²) in [6.07, 6.45) is 0. The molecular formula is C14H13Br2N3O2. The maximum absolute atomic E-state index is 11.4. The summed E-state index contributed by atoms with van der Waals surface area (Å²) in [5, 5.41) is 17.5. The van der Waals surface area contributed by atoms with E-state index in [0.29, 0.717) is 17.9 Å². The van der Waals surface area contributed by atoms with Gasteiger partial charge in [-0.2, -0.15) is 0 Å². The van der Waals surface area contributed by atoms with Crippen LogP contribution in [0.3, 0.4) is 0 Å². The molecule has 0 spiro atoms. The molecule has 0 bridgehead atoms. The largest absolute Gasteiger partial charge is 0.380 e. The van der Waals surface area contributed by atoms with Crippen LogP contribution in [0.15, 0.2) is 45.3 Å². The fourth-order valence-electron chi connectivity index (χ4n) is 1.91. The van der Waals surface area contributed by atoms with Crippen LogP contribution in [-0.2, 0) is 0 Å². The van der Waals surface area contributed by atoms with E-state index in [-0.39, 0.29) is 10.6 Å². The van der Waals surface area contributed by atoms with Gasteiger partial charge < -0.3 is 10.6 Å². The van der Waals surface area contributed by atoms with E-state index in [2.05, 4.69) is 42.5 Å². The summed E-state index contributed by atoms with van der Waals surface area (Å²) in [5.74, 6) is 0. The number of benzene rings is 2. The number of nitro benzene ring substituents is 1. The predicted molar refractivity (Wildman–Crippen MR) is 92.4 cm³/mol. The van der Waals surface area contributed by atoms with E-state index in [9.17, 15) is 10.1 Å². The number of nitro groups is 1. The summed E-state index contributed by atoms with van der Waals surface area (Å²) in [5.41, 5.74) is 1.73. The Morgan fingerprint density at radius 1 is 1.14 bits per heavy atom. The first-order valence-corrected chi connectivity index (χ1v) is 7.85. The van der Waals surface area contributed by atoms with Crippen LogP contribution in [0.2, 0.25) is 0 Å². The molecule has 110 valence electrons. The molecule has 0 fully saturated rings. The number of rotatable bonds is 5. The molecule has 0 saturated carbocycles. The summed E-state index contributed by atoms with van der Waals surface area (Å²) in [4.78, 5) is 11.0. The van der Waals surface area contributed by atoms with Gasteiger partial charge in [0.15, 0.2) is 0 Å². The number of hydrogen-bond acceptors (Lipinski definition) is 4. The van der Waals surface area contributed by atoms with Gasteiger partial charge in [0.2, 0.25) is 0 Å². The van der Waals surface area contributed by atoms with Crippen LogP contribution in [0.4, 0.5) is 22.7 Å². The van der Waals surface area contributed by atoms with E-state index in [1.807, 2.05) is 25.1 Å². The molecule has 0 aromatic heterocycles. The summed E-state index contributed by atoms with van der Waals surface area (Å²) in [6, 6.07) is 10.8. The van der Waals surface area contributed by atoms with Gasteiger partial charge in [0.1, 0.15) is 11.4 Å². The van der Waals surface area contributed by atoms with Crippen molar-refractivity contribution in [2.75, 3.05) is 17.2 Å². The quantitative estimate of drug-likeness (QED) is 0.514.